The molecule has 3 atom stereocenters. The molecule has 9 nitrogen and oxygen atoms in total. The Bertz CT molecular complexity index is 1260. The molecule has 6 rings (SSSR count). The molecule has 1 unspecified atom stereocenters. The van der Waals surface area contributed by atoms with Gasteiger partial charge in [-0.3, -0.25) is 9.59 Å². The first-order chi connectivity index (χ1) is 20.0. The average molecular weight is 557 g/mol. The number of hydrogen-bond acceptors (Lipinski definition) is 5. The van der Waals surface area contributed by atoms with Gasteiger partial charge < -0.3 is 30.7 Å². The summed E-state index contributed by atoms with van der Waals surface area (Å²) in [5.41, 5.74) is 2.94. The van der Waals surface area contributed by atoms with Crippen LogP contribution in [0.25, 0.3) is 5.70 Å². The summed E-state index contributed by atoms with van der Waals surface area (Å²) >= 11 is 0. The van der Waals surface area contributed by atoms with Gasteiger partial charge in [0.15, 0.2) is 0 Å². The van der Waals surface area contributed by atoms with Crippen molar-refractivity contribution >= 4 is 23.5 Å². The quantitative estimate of drug-likeness (QED) is 0.509. The lowest BCUT2D eigenvalue weighted by Crippen LogP contribution is -2.54. The van der Waals surface area contributed by atoms with E-state index >= 15 is 0 Å². The second-order valence-corrected chi connectivity index (χ2v) is 11.8. The first-order valence-corrected chi connectivity index (χ1v) is 15.0. The van der Waals surface area contributed by atoms with Gasteiger partial charge in [0.1, 0.15) is 6.04 Å². The van der Waals surface area contributed by atoms with E-state index in [1.807, 2.05) is 64.5 Å². The van der Waals surface area contributed by atoms with Crippen molar-refractivity contribution in [2.45, 2.75) is 50.2 Å². The molecule has 41 heavy (non-hydrogen) atoms. The van der Waals surface area contributed by atoms with Crippen LogP contribution in [0.15, 0.2) is 66.9 Å². The molecule has 3 heterocycles. The van der Waals surface area contributed by atoms with E-state index in [1.54, 1.807) is 0 Å². The molecule has 1 aliphatic carbocycles. The van der Waals surface area contributed by atoms with Crippen molar-refractivity contribution in [1.82, 2.24) is 30.7 Å². The number of carbonyl (C=O) groups is 3. The third-order valence-electron chi connectivity index (χ3n) is 8.69. The van der Waals surface area contributed by atoms with Crippen molar-refractivity contribution in [3.63, 3.8) is 0 Å². The zero-order valence-corrected chi connectivity index (χ0v) is 23.5. The van der Waals surface area contributed by atoms with E-state index in [1.165, 1.54) is 12.8 Å². The lowest BCUT2D eigenvalue weighted by molar-refractivity contribution is -0.132. The van der Waals surface area contributed by atoms with Crippen LogP contribution in [0, 0.1) is 5.92 Å². The SMILES string of the molecule is O=C1CN(C2CCCN(C(=O)N[C@H]3CN[C@@H](c4ccccc4)CN(CC4CC4)C3=O)CC2)C=C(c2ccccc2)N1. The minimum absolute atomic E-state index is 0.00165. The van der Waals surface area contributed by atoms with E-state index in [0.29, 0.717) is 38.6 Å². The lowest BCUT2D eigenvalue weighted by atomic mass is 10.1. The largest absolute Gasteiger partial charge is 0.363 e. The lowest BCUT2D eigenvalue weighted by Gasteiger charge is -2.33. The van der Waals surface area contributed by atoms with E-state index in [-0.39, 0.29) is 29.9 Å². The number of amides is 4. The van der Waals surface area contributed by atoms with Crippen molar-refractivity contribution in [1.29, 1.82) is 0 Å². The topological polar surface area (TPSA) is 97.0 Å². The maximum absolute atomic E-state index is 13.6. The minimum Gasteiger partial charge on any atom is -0.363 e. The van der Waals surface area contributed by atoms with Gasteiger partial charge >= 0.3 is 6.03 Å². The second kappa shape index (κ2) is 12.3. The van der Waals surface area contributed by atoms with Crippen LogP contribution in [-0.4, -0.2) is 83.9 Å². The number of nitrogens with zero attached hydrogens (tertiary/aromatic N) is 3. The fraction of sp³-hybridized carbons (Fsp3) is 0.469. The Hall–Kier alpha value is -3.85. The molecule has 2 aromatic carbocycles. The predicted molar refractivity (Wildman–Crippen MR) is 157 cm³/mol. The maximum Gasteiger partial charge on any atom is 0.318 e. The fourth-order valence-electron chi connectivity index (χ4n) is 6.19. The first-order valence-electron chi connectivity index (χ1n) is 15.0. The zero-order valence-electron chi connectivity index (χ0n) is 23.5. The summed E-state index contributed by atoms with van der Waals surface area (Å²) in [5, 5.41) is 9.62. The summed E-state index contributed by atoms with van der Waals surface area (Å²) in [5.74, 6) is 0.552. The number of rotatable bonds is 6. The van der Waals surface area contributed by atoms with Crippen molar-refractivity contribution in [2.75, 3.05) is 39.3 Å². The van der Waals surface area contributed by atoms with Crippen LogP contribution in [0.5, 0.6) is 0 Å². The molecule has 216 valence electrons. The van der Waals surface area contributed by atoms with Crippen molar-refractivity contribution in [3.05, 3.63) is 78.0 Å². The Labute approximate surface area is 241 Å². The fourth-order valence-corrected chi connectivity index (χ4v) is 6.19. The number of nitrogens with one attached hydrogen (secondary N) is 3. The number of hydrogen-bond donors (Lipinski definition) is 3. The van der Waals surface area contributed by atoms with Crippen LogP contribution in [0.4, 0.5) is 4.79 Å². The van der Waals surface area contributed by atoms with E-state index < -0.39 is 6.04 Å². The molecule has 0 aromatic heterocycles. The number of likely N-dealkylation sites (tertiary alicyclic amines) is 1. The standard InChI is InChI=1S/C32H40N6O3/c39-30-22-37(21-29(34-30)25-10-5-2-6-11-25)26-12-7-16-36(17-15-26)32(41)35-27-18-33-28(24-8-3-1-4-9-24)20-38(31(27)40)19-23-13-14-23/h1-6,8-11,21,23,26-28,33H,7,12-20,22H2,(H,34,39)(H,35,41)/t26?,27-,28+/m0/s1. The summed E-state index contributed by atoms with van der Waals surface area (Å²) in [6.07, 6.45) is 6.88. The Balaban J connectivity index is 1.09. The smallest absolute Gasteiger partial charge is 0.318 e. The molecule has 4 amide bonds. The molecule has 2 saturated heterocycles. The van der Waals surface area contributed by atoms with Crippen LogP contribution in [0.2, 0.25) is 0 Å². The van der Waals surface area contributed by atoms with Gasteiger partial charge in [0.25, 0.3) is 0 Å². The molecule has 0 bridgehead atoms. The van der Waals surface area contributed by atoms with Crippen LogP contribution in [-0.2, 0) is 9.59 Å². The summed E-state index contributed by atoms with van der Waals surface area (Å²) in [6, 6.07) is 19.5. The summed E-state index contributed by atoms with van der Waals surface area (Å²) in [4.78, 5) is 45.5. The first kappa shape index (κ1) is 27.3. The van der Waals surface area contributed by atoms with Gasteiger partial charge in [-0.15, -0.1) is 0 Å². The zero-order chi connectivity index (χ0) is 28.2. The number of carbonyl (C=O) groups excluding carboxylic acids is 3. The Morgan fingerprint density at radius 3 is 2.44 bits per heavy atom. The highest BCUT2D eigenvalue weighted by Crippen LogP contribution is 2.31. The second-order valence-electron chi connectivity index (χ2n) is 11.8. The molecular formula is C32H40N6O3. The van der Waals surface area contributed by atoms with Gasteiger partial charge in [0, 0.05) is 51.0 Å². The molecule has 9 heteroatoms. The third kappa shape index (κ3) is 6.73. The van der Waals surface area contributed by atoms with Crippen LogP contribution < -0.4 is 16.0 Å². The van der Waals surface area contributed by atoms with Crippen molar-refractivity contribution < 1.29 is 14.4 Å². The van der Waals surface area contributed by atoms with Gasteiger partial charge in [0.2, 0.25) is 11.8 Å². The van der Waals surface area contributed by atoms with Crippen molar-refractivity contribution in [3.8, 4) is 0 Å². The summed E-state index contributed by atoms with van der Waals surface area (Å²) in [7, 11) is 0. The monoisotopic (exact) mass is 556 g/mol. The highest BCUT2D eigenvalue weighted by molar-refractivity contribution is 5.90. The normalized spacial score (nSPS) is 25.6. The molecule has 2 aromatic rings. The maximum atomic E-state index is 13.6. The molecule has 0 radical (unpaired) electrons. The molecule has 3 fully saturated rings. The van der Waals surface area contributed by atoms with E-state index in [9.17, 15) is 14.4 Å². The molecule has 3 N–H and O–H groups in total. The molecule has 1 saturated carbocycles. The highest BCUT2D eigenvalue weighted by Gasteiger charge is 2.36. The Kier molecular flexibility index (Phi) is 8.23. The third-order valence-corrected chi connectivity index (χ3v) is 8.69. The number of benzene rings is 2. The minimum atomic E-state index is -0.601. The van der Waals surface area contributed by atoms with Crippen LogP contribution in [0.1, 0.15) is 49.3 Å². The average Bonchev–Trinajstić information content (AvgIpc) is 3.85. The number of urea groups is 1. The summed E-state index contributed by atoms with van der Waals surface area (Å²) in [6.45, 7) is 3.29. The van der Waals surface area contributed by atoms with E-state index in [2.05, 4.69) is 33.0 Å². The van der Waals surface area contributed by atoms with Crippen molar-refractivity contribution in [2.24, 2.45) is 5.92 Å². The van der Waals surface area contributed by atoms with E-state index in [0.717, 1.165) is 42.6 Å². The van der Waals surface area contributed by atoms with Crippen LogP contribution >= 0.6 is 0 Å². The van der Waals surface area contributed by atoms with E-state index in [4.69, 9.17) is 0 Å². The van der Waals surface area contributed by atoms with Gasteiger partial charge in [0.05, 0.1) is 12.2 Å². The van der Waals surface area contributed by atoms with Gasteiger partial charge in [-0.25, -0.2) is 4.79 Å². The highest BCUT2D eigenvalue weighted by atomic mass is 16.2. The molecule has 4 aliphatic rings. The predicted octanol–water partition coefficient (Wildman–Crippen LogP) is 2.93. The van der Waals surface area contributed by atoms with Gasteiger partial charge in [-0.1, -0.05) is 60.7 Å². The van der Waals surface area contributed by atoms with Gasteiger partial charge in [-0.2, -0.15) is 0 Å². The Morgan fingerprint density at radius 1 is 0.927 bits per heavy atom. The van der Waals surface area contributed by atoms with Crippen LogP contribution in [0.3, 0.4) is 0 Å². The van der Waals surface area contributed by atoms with Gasteiger partial charge in [-0.05, 0) is 49.1 Å². The Morgan fingerprint density at radius 2 is 1.68 bits per heavy atom. The molecule has 0 spiro atoms. The summed E-state index contributed by atoms with van der Waals surface area (Å²) < 4.78 is 0. The molecular weight excluding hydrogens is 516 g/mol. The molecule has 3 aliphatic heterocycles.